The van der Waals surface area contributed by atoms with Crippen molar-refractivity contribution in [2.45, 2.75) is 26.1 Å². The molecule has 1 aromatic rings. The van der Waals surface area contributed by atoms with E-state index in [1.807, 2.05) is 13.8 Å². The third-order valence-electron chi connectivity index (χ3n) is 2.49. The third kappa shape index (κ3) is 2.47. The first kappa shape index (κ1) is 11.7. The first-order valence-electron chi connectivity index (χ1n) is 5.25. The number of amides is 1. The first-order valence-corrected chi connectivity index (χ1v) is 6.04. The van der Waals surface area contributed by atoms with Crippen LogP contribution in [0.25, 0.3) is 0 Å². The maximum atomic E-state index is 12.1. The minimum atomic E-state index is -0.0762. The molecular formula is C11H14BrNO3. The summed E-state index contributed by atoms with van der Waals surface area (Å²) in [5.41, 5.74) is 0. The molecule has 5 heteroatoms. The summed E-state index contributed by atoms with van der Waals surface area (Å²) in [7, 11) is 0. The van der Waals surface area contributed by atoms with Gasteiger partial charge in [0.15, 0.2) is 5.76 Å². The van der Waals surface area contributed by atoms with Crippen molar-refractivity contribution in [3.63, 3.8) is 0 Å². The van der Waals surface area contributed by atoms with E-state index >= 15 is 0 Å². The van der Waals surface area contributed by atoms with E-state index in [9.17, 15) is 4.79 Å². The molecule has 0 aromatic carbocycles. The largest absolute Gasteiger partial charge is 0.458 e. The van der Waals surface area contributed by atoms with Crippen molar-refractivity contribution in [2.75, 3.05) is 13.1 Å². The van der Waals surface area contributed by atoms with E-state index in [0.29, 0.717) is 18.8 Å². The van der Waals surface area contributed by atoms with Crippen LogP contribution in [0.3, 0.4) is 0 Å². The number of halogens is 1. The summed E-state index contributed by atoms with van der Waals surface area (Å²) in [6.45, 7) is 5.16. The Bertz CT molecular complexity index is 380. The Morgan fingerprint density at radius 1 is 1.44 bits per heavy atom. The second-order valence-electron chi connectivity index (χ2n) is 4.10. The van der Waals surface area contributed by atoms with Gasteiger partial charge in [0.05, 0.1) is 16.7 Å². The molecule has 2 heterocycles. The number of carbonyl (C=O) groups excluding carboxylic acids is 1. The molecule has 1 aliphatic heterocycles. The predicted molar refractivity (Wildman–Crippen MR) is 62.3 cm³/mol. The second-order valence-corrected chi connectivity index (χ2v) is 5.01. The molecule has 1 amide bonds. The molecule has 0 spiro atoms. The van der Waals surface area contributed by atoms with Crippen LogP contribution in [-0.2, 0) is 4.74 Å². The fraction of sp³-hybridized carbons (Fsp3) is 0.545. The second kappa shape index (κ2) is 4.59. The van der Waals surface area contributed by atoms with Crippen molar-refractivity contribution in [1.82, 2.24) is 4.90 Å². The number of nitrogens with zero attached hydrogens (tertiary/aromatic N) is 1. The van der Waals surface area contributed by atoms with Gasteiger partial charge in [-0.1, -0.05) is 0 Å². The highest BCUT2D eigenvalue weighted by Crippen LogP contribution is 2.18. The van der Waals surface area contributed by atoms with Crippen molar-refractivity contribution in [1.29, 1.82) is 0 Å². The molecular weight excluding hydrogens is 274 g/mol. The van der Waals surface area contributed by atoms with E-state index in [0.717, 1.165) is 4.47 Å². The van der Waals surface area contributed by atoms with E-state index in [1.54, 1.807) is 11.0 Å². The van der Waals surface area contributed by atoms with Crippen LogP contribution < -0.4 is 0 Å². The topological polar surface area (TPSA) is 42.7 Å². The zero-order valence-electron chi connectivity index (χ0n) is 9.27. The highest BCUT2D eigenvalue weighted by atomic mass is 79.9. The van der Waals surface area contributed by atoms with Crippen LogP contribution in [0.5, 0.6) is 0 Å². The zero-order chi connectivity index (χ0) is 11.7. The molecule has 2 rings (SSSR count). The molecule has 1 fully saturated rings. The Labute approximate surface area is 103 Å². The van der Waals surface area contributed by atoms with Gasteiger partial charge in [-0.15, -0.1) is 0 Å². The quantitative estimate of drug-likeness (QED) is 0.796. The third-order valence-corrected chi connectivity index (χ3v) is 2.90. The summed E-state index contributed by atoms with van der Waals surface area (Å²) in [6, 6.07) is 1.69. The van der Waals surface area contributed by atoms with Gasteiger partial charge in [0.25, 0.3) is 5.91 Å². The van der Waals surface area contributed by atoms with Crippen LogP contribution in [0.4, 0.5) is 0 Å². The minimum Gasteiger partial charge on any atom is -0.458 e. The number of ether oxygens (including phenoxy) is 1. The van der Waals surface area contributed by atoms with Crippen LogP contribution in [-0.4, -0.2) is 36.1 Å². The summed E-state index contributed by atoms with van der Waals surface area (Å²) in [5.74, 6) is 0.292. The normalized spacial score (nSPS) is 25.8. The van der Waals surface area contributed by atoms with Crippen molar-refractivity contribution < 1.29 is 13.9 Å². The molecule has 1 aromatic heterocycles. The Hall–Kier alpha value is -0.810. The van der Waals surface area contributed by atoms with Gasteiger partial charge in [-0.05, 0) is 29.8 Å². The molecule has 0 unspecified atom stereocenters. The number of furan rings is 1. The minimum absolute atomic E-state index is 0.0751. The van der Waals surface area contributed by atoms with Gasteiger partial charge in [-0.3, -0.25) is 4.79 Å². The average molecular weight is 288 g/mol. The maximum Gasteiger partial charge on any atom is 0.289 e. The lowest BCUT2D eigenvalue weighted by atomic mass is 10.2. The summed E-state index contributed by atoms with van der Waals surface area (Å²) in [6.07, 6.45) is 1.66. The van der Waals surface area contributed by atoms with Gasteiger partial charge >= 0.3 is 0 Å². The lowest BCUT2D eigenvalue weighted by Crippen LogP contribution is -2.48. The molecule has 0 N–H and O–H groups in total. The summed E-state index contributed by atoms with van der Waals surface area (Å²) >= 11 is 3.26. The van der Waals surface area contributed by atoms with Crippen LogP contribution >= 0.6 is 15.9 Å². The van der Waals surface area contributed by atoms with Gasteiger partial charge in [0.1, 0.15) is 6.26 Å². The van der Waals surface area contributed by atoms with E-state index in [1.165, 1.54) is 6.26 Å². The Morgan fingerprint density at radius 2 is 2.06 bits per heavy atom. The van der Waals surface area contributed by atoms with Crippen LogP contribution in [0.2, 0.25) is 0 Å². The molecule has 16 heavy (non-hydrogen) atoms. The number of carbonyl (C=O) groups is 1. The lowest BCUT2D eigenvalue weighted by Gasteiger charge is -2.34. The molecule has 0 bridgehead atoms. The molecule has 2 atom stereocenters. The smallest absolute Gasteiger partial charge is 0.289 e. The molecule has 1 saturated heterocycles. The van der Waals surface area contributed by atoms with E-state index in [4.69, 9.17) is 9.15 Å². The molecule has 1 aliphatic rings. The monoisotopic (exact) mass is 287 g/mol. The Kier molecular flexibility index (Phi) is 3.35. The van der Waals surface area contributed by atoms with Gasteiger partial charge in [0, 0.05) is 19.2 Å². The van der Waals surface area contributed by atoms with Gasteiger partial charge in [-0.2, -0.15) is 0 Å². The van der Waals surface area contributed by atoms with Gasteiger partial charge < -0.3 is 14.1 Å². The van der Waals surface area contributed by atoms with Crippen molar-refractivity contribution in [3.05, 3.63) is 22.6 Å². The highest BCUT2D eigenvalue weighted by molar-refractivity contribution is 9.10. The van der Waals surface area contributed by atoms with Crippen LogP contribution in [0.15, 0.2) is 21.2 Å². The summed E-state index contributed by atoms with van der Waals surface area (Å²) < 4.78 is 11.5. The molecule has 88 valence electrons. The maximum absolute atomic E-state index is 12.1. The van der Waals surface area contributed by atoms with Crippen molar-refractivity contribution in [3.8, 4) is 0 Å². The molecule has 4 nitrogen and oxygen atoms in total. The summed E-state index contributed by atoms with van der Waals surface area (Å²) in [4.78, 5) is 13.8. The fourth-order valence-electron chi connectivity index (χ4n) is 1.92. The number of hydrogen-bond acceptors (Lipinski definition) is 3. The molecule has 0 aliphatic carbocycles. The van der Waals surface area contributed by atoms with Crippen LogP contribution in [0, 0.1) is 0 Å². The van der Waals surface area contributed by atoms with Crippen LogP contribution in [0.1, 0.15) is 24.4 Å². The summed E-state index contributed by atoms with van der Waals surface area (Å²) in [5, 5.41) is 0. The Morgan fingerprint density at radius 3 is 2.56 bits per heavy atom. The van der Waals surface area contributed by atoms with E-state index < -0.39 is 0 Å². The number of morpholine rings is 1. The Balaban J connectivity index is 2.09. The van der Waals surface area contributed by atoms with Gasteiger partial charge in [0.2, 0.25) is 0 Å². The predicted octanol–water partition coefficient (Wildman–Crippen LogP) is 2.29. The fourth-order valence-corrected chi connectivity index (χ4v) is 2.23. The first-order chi connectivity index (χ1) is 7.56. The number of rotatable bonds is 1. The van der Waals surface area contributed by atoms with Crippen molar-refractivity contribution >= 4 is 21.8 Å². The average Bonchev–Trinajstić information content (AvgIpc) is 2.62. The van der Waals surface area contributed by atoms with Crippen molar-refractivity contribution in [2.24, 2.45) is 0 Å². The molecule has 0 saturated carbocycles. The number of hydrogen-bond donors (Lipinski definition) is 0. The highest BCUT2D eigenvalue weighted by Gasteiger charge is 2.28. The standard InChI is InChI=1S/C11H14BrNO3/c1-7-4-13(5-8(2)16-7)11(14)10-3-9(12)6-15-10/h3,6-8H,4-5H2,1-2H3/t7-,8+. The van der Waals surface area contributed by atoms with E-state index in [2.05, 4.69) is 15.9 Å². The zero-order valence-corrected chi connectivity index (χ0v) is 10.9. The lowest BCUT2D eigenvalue weighted by molar-refractivity contribution is -0.0592. The van der Waals surface area contributed by atoms with E-state index in [-0.39, 0.29) is 18.1 Å². The SMILES string of the molecule is C[C@@H]1CN(C(=O)c2cc(Br)co2)C[C@H](C)O1. The van der Waals surface area contributed by atoms with Gasteiger partial charge in [-0.25, -0.2) is 0 Å². The molecule has 0 radical (unpaired) electrons.